The molecule has 18 heavy (non-hydrogen) atoms. The number of aryl methyl sites for hydroxylation is 1. The van der Waals surface area contributed by atoms with Gasteiger partial charge in [-0.15, -0.1) is 11.3 Å². The molecule has 0 bridgehead atoms. The van der Waals surface area contributed by atoms with E-state index in [-0.39, 0.29) is 4.99 Å². The topological polar surface area (TPSA) is 48.1 Å². The second-order valence-electron chi connectivity index (χ2n) is 3.65. The minimum Gasteiger partial charge on any atom is -0.486 e. The number of hydrogen-bond donors (Lipinski definition) is 1. The molecule has 0 aliphatic rings. The number of halogens is 1. The van der Waals surface area contributed by atoms with Crippen molar-refractivity contribution in [2.24, 2.45) is 5.73 Å². The smallest absolute Gasteiger partial charge is 0.131 e. The summed E-state index contributed by atoms with van der Waals surface area (Å²) < 4.78 is 5.67. The van der Waals surface area contributed by atoms with Crippen molar-refractivity contribution < 1.29 is 4.74 Å². The lowest BCUT2D eigenvalue weighted by Gasteiger charge is -2.10. The quantitative estimate of drug-likeness (QED) is 0.880. The highest BCUT2D eigenvalue weighted by molar-refractivity contribution is 7.80. The Kier molecular flexibility index (Phi) is 4.16. The summed E-state index contributed by atoms with van der Waals surface area (Å²) in [4.78, 5) is 4.61. The molecule has 0 atom stereocenters. The van der Waals surface area contributed by atoms with Crippen LogP contribution in [0.5, 0.6) is 5.75 Å². The number of ether oxygens (including phenoxy) is 1. The molecule has 0 radical (unpaired) electrons. The largest absolute Gasteiger partial charge is 0.486 e. The Bertz CT molecular complexity index is 583. The Hall–Kier alpha value is -1.17. The predicted octanol–water partition coefficient (Wildman–Crippen LogP) is 3.32. The summed E-state index contributed by atoms with van der Waals surface area (Å²) in [5.74, 6) is 0.584. The van der Waals surface area contributed by atoms with E-state index in [1.54, 1.807) is 29.5 Å². The molecule has 1 heterocycles. The van der Waals surface area contributed by atoms with Gasteiger partial charge in [0.1, 0.15) is 17.3 Å². The molecule has 2 rings (SSSR count). The van der Waals surface area contributed by atoms with Crippen LogP contribution in [0.25, 0.3) is 0 Å². The van der Waals surface area contributed by atoms with Gasteiger partial charge in [-0.1, -0.05) is 23.8 Å². The summed E-state index contributed by atoms with van der Waals surface area (Å²) in [6.07, 6.45) is 0. The van der Waals surface area contributed by atoms with Crippen molar-refractivity contribution in [1.82, 2.24) is 4.98 Å². The molecular weight excluding hydrogens is 288 g/mol. The molecule has 2 aromatic rings. The molecule has 0 unspecified atom stereocenters. The molecule has 0 amide bonds. The molecule has 0 saturated heterocycles. The molecule has 2 N–H and O–H groups in total. The molecule has 1 aromatic carbocycles. The van der Waals surface area contributed by atoms with Gasteiger partial charge in [0.05, 0.1) is 16.3 Å². The molecular formula is C12H11ClN2OS2. The molecule has 6 heteroatoms. The van der Waals surface area contributed by atoms with Crippen molar-refractivity contribution in [3.05, 3.63) is 44.9 Å². The number of thiazole rings is 1. The van der Waals surface area contributed by atoms with Crippen LogP contribution >= 0.6 is 35.2 Å². The van der Waals surface area contributed by atoms with E-state index in [0.29, 0.717) is 22.9 Å². The predicted molar refractivity (Wildman–Crippen MR) is 78.5 cm³/mol. The first-order valence-corrected chi connectivity index (χ1v) is 6.86. The van der Waals surface area contributed by atoms with E-state index in [4.69, 9.17) is 34.3 Å². The maximum absolute atomic E-state index is 5.93. The third-order valence-electron chi connectivity index (χ3n) is 2.25. The molecule has 1 aromatic heterocycles. The van der Waals surface area contributed by atoms with Gasteiger partial charge < -0.3 is 10.5 Å². The Morgan fingerprint density at radius 3 is 2.94 bits per heavy atom. The molecule has 0 fully saturated rings. The van der Waals surface area contributed by atoms with Gasteiger partial charge >= 0.3 is 0 Å². The Morgan fingerprint density at radius 1 is 1.56 bits per heavy atom. The second kappa shape index (κ2) is 5.65. The highest BCUT2D eigenvalue weighted by Crippen LogP contribution is 2.24. The van der Waals surface area contributed by atoms with E-state index in [2.05, 4.69) is 4.98 Å². The molecule has 0 spiro atoms. The van der Waals surface area contributed by atoms with Gasteiger partial charge in [0.15, 0.2) is 0 Å². The van der Waals surface area contributed by atoms with E-state index in [1.165, 1.54) is 0 Å². The molecule has 94 valence electrons. The molecule has 0 aliphatic heterocycles. The van der Waals surface area contributed by atoms with Crippen LogP contribution in [0.3, 0.4) is 0 Å². The summed E-state index contributed by atoms with van der Waals surface area (Å²) in [5, 5.41) is 3.55. The third kappa shape index (κ3) is 3.19. The van der Waals surface area contributed by atoms with Gasteiger partial charge in [0, 0.05) is 10.4 Å². The van der Waals surface area contributed by atoms with Crippen molar-refractivity contribution in [2.75, 3.05) is 0 Å². The fraction of sp³-hybridized carbons (Fsp3) is 0.167. The van der Waals surface area contributed by atoms with Crippen LogP contribution in [-0.4, -0.2) is 9.97 Å². The van der Waals surface area contributed by atoms with E-state index in [9.17, 15) is 0 Å². The maximum Gasteiger partial charge on any atom is 0.131 e. The SMILES string of the molecule is Cc1nc(COc2cc(Cl)ccc2C(N)=S)cs1. The molecule has 3 nitrogen and oxygen atoms in total. The van der Waals surface area contributed by atoms with E-state index in [1.807, 2.05) is 12.3 Å². The lowest BCUT2D eigenvalue weighted by Crippen LogP contribution is -2.11. The van der Waals surface area contributed by atoms with Gasteiger partial charge in [-0.25, -0.2) is 4.98 Å². The molecule has 0 saturated carbocycles. The van der Waals surface area contributed by atoms with Crippen LogP contribution in [0, 0.1) is 6.92 Å². The number of hydrogen-bond acceptors (Lipinski definition) is 4. The summed E-state index contributed by atoms with van der Waals surface area (Å²) in [7, 11) is 0. The highest BCUT2D eigenvalue weighted by Gasteiger charge is 2.08. The van der Waals surface area contributed by atoms with Crippen molar-refractivity contribution in [1.29, 1.82) is 0 Å². The van der Waals surface area contributed by atoms with Gasteiger partial charge in [-0.05, 0) is 25.1 Å². The number of nitrogens with two attached hydrogens (primary N) is 1. The van der Waals surface area contributed by atoms with Crippen LogP contribution in [-0.2, 0) is 6.61 Å². The number of thiocarbonyl (C=S) groups is 1. The zero-order valence-corrected chi connectivity index (χ0v) is 12.0. The first-order chi connectivity index (χ1) is 8.56. The van der Waals surface area contributed by atoms with Gasteiger partial charge in [0.2, 0.25) is 0 Å². The Labute approximate surface area is 120 Å². The van der Waals surface area contributed by atoms with Gasteiger partial charge in [0.25, 0.3) is 0 Å². The average Bonchev–Trinajstić information content (AvgIpc) is 2.72. The fourth-order valence-electron chi connectivity index (χ4n) is 1.45. The van der Waals surface area contributed by atoms with Crippen LogP contribution in [0.2, 0.25) is 5.02 Å². The Balaban J connectivity index is 2.17. The minimum atomic E-state index is 0.288. The van der Waals surface area contributed by atoms with Crippen LogP contribution in [0.15, 0.2) is 23.6 Å². The van der Waals surface area contributed by atoms with Gasteiger partial charge in [-0.3, -0.25) is 0 Å². The van der Waals surface area contributed by atoms with Crippen LogP contribution < -0.4 is 10.5 Å². The fourth-order valence-corrected chi connectivity index (χ4v) is 2.37. The number of nitrogens with zero attached hydrogens (tertiary/aromatic N) is 1. The zero-order chi connectivity index (χ0) is 13.1. The van der Waals surface area contributed by atoms with E-state index < -0.39 is 0 Å². The first-order valence-electron chi connectivity index (χ1n) is 5.19. The van der Waals surface area contributed by atoms with Crippen molar-refractivity contribution in [3.63, 3.8) is 0 Å². The summed E-state index contributed by atoms with van der Waals surface area (Å²) in [5.41, 5.74) is 7.20. The second-order valence-corrected chi connectivity index (χ2v) is 5.59. The number of rotatable bonds is 4. The van der Waals surface area contributed by atoms with Crippen LogP contribution in [0.1, 0.15) is 16.3 Å². The van der Waals surface area contributed by atoms with Crippen molar-refractivity contribution >= 4 is 40.1 Å². The summed E-state index contributed by atoms with van der Waals surface area (Å²) in [6, 6.07) is 5.19. The van der Waals surface area contributed by atoms with E-state index in [0.717, 1.165) is 10.7 Å². The lowest BCUT2D eigenvalue weighted by molar-refractivity contribution is 0.301. The summed E-state index contributed by atoms with van der Waals surface area (Å²) >= 11 is 12.5. The average molecular weight is 299 g/mol. The third-order valence-corrected chi connectivity index (χ3v) is 3.53. The minimum absolute atomic E-state index is 0.288. The molecule has 0 aliphatic carbocycles. The van der Waals surface area contributed by atoms with Crippen LogP contribution in [0.4, 0.5) is 0 Å². The first kappa shape index (κ1) is 13.3. The zero-order valence-electron chi connectivity index (χ0n) is 9.64. The monoisotopic (exact) mass is 298 g/mol. The normalized spacial score (nSPS) is 10.3. The van der Waals surface area contributed by atoms with Crippen molar-refractivity contribution in [2.45, 2.75) is 13.5 Å². The number of benzene rings is 1. The maximum atomic E-state index is 5.93. The standard InChI is InChI=1S/C12H11ClN2OS2/c1-7-15-9(6-18-7)5-16-11-4-8(13)2-3-10(11)12(14)17/h2-4,6H,5H2,1H3,(H2,14,17). The van der Waals surface area contributed by atoms with Crippen molar-refractivity contribution in [3.8, 4) is 5.75 Å². The lowest BCUT2D eigenvalue weighted by atomic mass is 10.2. The van der Waals surface area contributed by atoms with Gasteiger partial charge in [-0.2, -0.15) is 0 Å². The highest BCUT2D eigenvalue weighted by atomic mass is 35.5. The van der Waals surface area contributed by atoms with E-state index >= 15 is 0 Å². The Morgan fingerprint density at radius 2 is 2.33 bits per heavy atom. The summed E-state index contributed by atoms with van der Waals surface area (Å²) in [6.45, 7) is 2.33. The number of aromatic nitrogens is 1.